The van der Waals surface area contributed by atoms with E-state index in [-0.39, 0.29) is 0 Å². The third-order valence-electron chi connectivity index (χ3n) is 3.09. The summed E-state index contributed by atoms with van der Waals surface area (Å²) in [5.41, 5.74) is 0. The summed E-state index contributed by atoms with van der Waals surface area (Å²) in [6, 6.07) is -5.31. The highest BCUT2D eigenvalue weighted by Crippen LogP contribution is 2.01. The van der Waals surface area contributed by atoms with Gasteiger partial charge in [-0.05, 0) is 0 Å². The molecular formula is C14H19N3O11. The molecule has 0 heterocycles. The molecule has 0 unspecified atom stereocenters. The fraction of sp³-hybridized carbons (Fsp3) is 0.500. The van der Waals surface area contributed by atoms with Gasteiger partial charge in [0.1, 0.15) is 18.1 Å². The van der Waals surface area contributed by atoms with E-state index in [1.165, 1.54) is 0 Å². The number of carboxylic acids is 4. The third kappa shape index (κ3) is 9.69. The lowest BCUT2D eigenvalue weighted by atomic mass is 10.1. The van der Waals surface area contributed by atoms with E-state index in [9.17, 15) is 33.6 Å². The molecule has 14 nitrogen and oxygen atoms in total. The standard InChI is InChI=1S/C14H19N3O11/c1-5(18)15-6(12(24)17-8(14(27)28)4-11(22)23)2-9(19)16-7(13(25)26)3-10(20)21/h6-8H,2-4H2,1H3,(H,15,18)(H,16,19)(H,17,24)(H,20,21)(H,22,23)(H,25,26)(H,27,28)/t6-,7-,8-/m0/s1. The zero-order valence-corrected chi connectivity index (χ0v) is 14.5. The van der Waals surface area contributed by atoms with E-state index in [0.29, 0.717) is 0 Å². The number of aliphatic carboxylic acids is 4. The zero-order valence-electron chi connectivity index (χ0n) is 14.5. The van der Waals surface area contributed by atoms with Crippen molar-refractivity contribution in [3.63, 3.8) is 0 Å². The van der Waals surface area contributed by atoms with Crippen LogP contribution < -0.4 is 16.0 Å². The fourth-order valence-electron chi connectivity index (χ4n) is 1.91. The molecule has 28 heavy (non-hydrogen) atoms. The Balaban J connectivity index is 5.21. The van der Waals surface area contributed by atoms with Crippen LogP contribution in [-0.4, -0.2) is 80.2 Å². The summed E-state index contributed by atoms with van der Waals surface area (Å²) in [4.78, 5) is 78.5. The van der Waals surface area contributed by atoms with Crippen LogP contribution in [-0.2, 0) is 33.6 Å². The van der Waals surface area contributed by atoms with Crippen molar-refractivity contribution in [2.24, 2.45) is 0 Å². The molecule has 3 atom stereocenters. The minimum atomic E-state index is -1.84. The predicted molar refractivity (Wildman–Crippen MR) is 85.9 cm³/mol. The summed E-state index contributed by atoms with van der Waals surface area (Å²) in [7, 11) is 0. The van der Waals surface area contributed by atoms with Gasteiger partial charge in [-0.2, -0.15) is 0 Å². The number of amides is 3. The quantitative estimate of drug-likeness (QED) is 0.172. The molecule has 0 saturated carbocycles. The second-order valence-corrected chi connectivity index (χ2v) is 5.51. The van der Waals surface area contributed by atoms with Crippen molar-refractivity contribution in [2.45, 2.75) is 44.3 Å². The summed E-state index contributed by atoms with van der Waals surface area (Å²) < 4.78 is 0. The summed E-state index contributed by atoms with van der Waals surface area (Å²) in [5.74, 6) is -9.48. The van der Waals surface area contributed by atoms with Gasteiger partial charge < -0.3 is 36.4 Å². The maximum atomic E-state index is 12.1. The van der Waals surface area contributed by atoms with Crippen molar-refractivity contribution in [3.8, 4) is 0 Å². The molecular weight excluding hydrogens is 386 g/mol. The molecule has 7 N–H and O–H groups in total. The Kier molecular flexibility index (Phi) is 9.63. The molecule has 0 bridgehead atoms. The molecule has 14 heteroatoms. The highest BCUT2D eigenvalue weighted by atomic mass is 16.4. The minimum absolute atomic E-state index is 0.793. The predicted octanol–water partition coefficient (Wildman–Crippen LogP) is -3.03. The Morgan fingerprint density at radius 3 is 1.43 bits per heavy atom. The van der Waals surface area contributed by atoms with Crippen molar-refractivity contribution in [3.05, 3.63) is 0 Å². The molecule has 0 rings (SSSR count). The highest BCUT2D eigenvalue weighted by molar-refractivity contribution is 5.95. The van der Waals surface area contributed by atoms with Crippen LogP contribution in [0.3, 0.4) is 0 Å². The number of hydrogen-bond acceptors (Lipinski definition) is 7. The second kappa shape index (κ2) is 11.1. The van der Waals surface area contributed by atoms with Crippen LogP contribution in [0.15, 0.2) is 0 Å². The molecule has 0 aromatic heterocycles. The van der Waals surface area contributed by atoms with E-state index < -0.39 is 79.0 Å². The van der Waals surface area contributed by atoms with Crippen molar-refractivity contribution < 1.29 is 54.0 Å². The van der Waals surface area contributed by atoms with Gasteiger partial charge in [-0.25, -0.2) is 9.59 Å². The summed E-state index contributed by atoms with van der Waals surface area (Å²) in [6.07, 6.45) is -2.77. The molecule has 3 amide bonds. The summed E-state index contributed by atoms with van der Waals surface area (Å²) >= 11 is 0. The van der Waals surface area contributed by atoms with Crippen molar-refractivity contribution in [2.75, 3.05) is 0 Å². The lowest BCUT2D eigenvalue weighted by Gasteiger charge is -2.21. The lowest BCUT2D eigenvalue weighted by molar-refractivity contribution is -0.148. The number of carbonyl (C=O) groups excluding carboxylic acids is 3. The van der Waals surface area contributed by atoms with Crippen LogP contribution in [0.1, 0.15) is 26.2 Å². The molecule has 0 fully saturated rings. The number of carbonyl (C=O) groups is 7. The number of rotatable bonds is 12. The van der Waals surface area contributed by atoms with Gasteiger partial charge in [-0.1, -0.05) is 0 Å². The first-order valence-corrected chi connectivity index (χ1v) is 7.59. The summed E-state index contributed by atoms with van der Waals surface area (Å²) in [6.45, 7) is 0.981. The average molecular weight is 405 g/mol. The maximum Gasteiger partial charge on any atom is 0.326 e. The van der Waals surface area contributed by atoms with Crippen molar-refractivity contribution >= 4 is 41.6 Å². The Bertz CT molecular complexity index is 675. The second-order valence-electron chi connectivity index (χ2n) is 5.51. The molecule has 156 valence electrons. The lowest BCUT2D eigenvalue weighted by Crippen LogP contribution is -2.54. The highest BCUT2D eigenvalue weighted by Gasteiger charge is 2.30. The smallest absolute Gasteiger partial charge is 0.326 e. The van der Waals surface area contributed by atoms with Gasteiger partial charge in [-0.3, -0.25) is 24.0 Å². The molecule has 0 radical (unpaired) electrons. The summed E-state index contributed by atoms with van der Waals surface area (Å²) in [5, 5.41) is 40.8. The molecule has 0 aromatic rings. The first-order chi connectivity index (χ1) is 12.8. The van der Waals surface area contributed by atoms with Crippen molar-refractivity contribution in [1.82, 2.24) is 16.0 Å². The maximum absolute atomic E-state index is 12.1. The zero-order chi connectivity index (χ0) is 22.0. The SMILES string of the molecule is CC(=O)N[C@@H](CC(=O)N[C@@H](CC(=O)O)C(=O)O)C(=O)N[C@@H](CC(=O)O)C(=O)O. The Hall–Kier alpha value is -3.71. The normalized spacial score (nSPS) is 13.3. The first kappa shape index (κ1) is 24.3. The van der Waals surface area contributed by atoms with E-state index in [1.807, 2.05) is 16.0 Å². The van der Waals surface area contributed by atoms with Gasteiger partial charge in [-0.15, -0.1) is 0 Å². The monoisotopic (exact) mass is 405 g/mol. The Labute approximate surface area is 156 Å². The topological polar surface area (TPSA) is 236 Å². The minimum Gasteiger partial charge on any atom is -0.481 e. The van der Waals surface area contributed by atoms with E-state index in [2.05, 4.69) is 0 Å². The molecule has 0 aliphatic rings. The Morgan fingerprint density at radius 2 is 1.07 bits per heavy atom. The van der Waals surface area contributed by atoms with Crippen LogP contribution in [0, 0.1) is 0 Å². The van der Waals surface area contributed by atoms with Gasteiger partial charge in [0, 0.05) is 6.92 Å². The average Bonchev–Trinajstić information content (AvgIpc) is 2.51. The van der Waals surface area contributed by atoms with Crippen molar-refractivity contribution in [1.29, 1.82) is 0 Å². The fourth-order valence-corrected chi connectivity index (χ4v) is 1.91. The number of carboxylic acid groups (broad SMARTS) is 4. The Morgan fingerprint density at radius 1 is 0.643 bits per heavy atom. The van der Waals surface area contributed by atoms with Crippen LogP contribution in [0.5, 0.6) is 0 Å². The first-order valence-electron chi connectivity index (χ1n) is 7.59. The van der Waals surface area contributed by atoms with Gasteiger partial charge in [0.25, 0.3) is 0 Å². The third-order valence-corrected chi connectivity index (χ3v) is 3.09. The van der Waals surface area contributed by atoms with Crippen LogP contribution >= 0.6 is 0 Å². The van der Waals surface area contributed by atoms with E-state index in [1.54, 1.807) is 0 Å². The largest absolute Gasteiger partial charge is 0.481 e. The van der Waals surface area contributed by atoms with E-state index in [0.717, 1.165) is 6.92 Å². The number of hydrogen-bond donors (Lipinski definition) is 7. The van der Waals surface area contributed by atoms with Gasteiger partial charge in [0.05, 0.1) is 19.3 Å². The van der Waals surface area contributed by atoms with E-state index in [4.69, 9.17) is 20.4 Å². The van der Waals surface area contributed by atoms with E-state index >= 15 is 0 Å². The number of nitrogens with one attached hydrogen (secondary N) is 3. The van der Waals surface area contributed by atoms with Gasteiger partial charge in [0.15, 0.2) is 0 Å². The molecule has 0 aromatic carbocycles. The molecule has 0 aliphatic carbocycles. The van der Waals surface area contributed by atoms with Crippen LogP contribution in [0.2, 0.25) is 0 Å². The van der Waals surface area contributed by atoms with Gasteiger partial charge >= 0.3 is 23.9 Å². The molecule has 0 saturated heterocycles. The molecule has 0 spiro atoms. The van der Waals surface area contributed by atoms with Crippen LogP contribution in [0.25, 0.3) is 0 Å². The van der Waals surface area contributed by atoms with Gasteiger partial charge in [0.2, 0.25) is 17.7 Å². The van der Waals surface area contributed by atoms with Crippen LogP contribution in [0.4, 0.5) is 0 Å². The molecule has 0 aliphatic heterocycles.